The zero-order valence-electron chi connectivity index (χ0n) is 9.03. The fraction of sp³-hybridized carbons (Fsp3) is 0.417. The van der Waals surface area contributed by atoms with Crippen LogP contribution in [-0.4, -0.2) is 13.0 Å². The molecule has 0 aliphatic heterocycles. The minimum Gasteiger partial charge on any atom is -0.494 e. The summed E-state index contributed by atoms with van der Waals surface area (Å²) in [6, 6.07) is 7.78. The summed E-state index contributed by atoms with van der Waals surface area (Å²) < 4.78 is 5.55. The Labute approximate surface area is 90.4 Å². The van der Waals surface area contributed by atoms with Gasteiger partial charge in [-0.05, 0) is 24.1 Å². The highest BCUT2D eigenvalue weighted by molar-refractivity contribution is 5.46. The van der Waals surface area contributed by atoms with E-state index in [1.807, 2.05) is 24.3 Å². The first-order valence-electron chi connectivity index (χ1n) is 5.25. The first-order valence-corrected chi connectivity index (χ1v) is 5.25. The van der Waals surface area contributed by atoms with Gasteiger partial charge in [0.15, 0.2) is 0 Å². The summed E-state index contributed by atoms with van der Waals surface area (Å²) in [6.45, 7) is 3.43. The summed E-state index contributed by atoms with van der Waals surface area (Å²) in [5.41, 5.74) is 1.05. The van der Waals surface area contributed by atoms with Crippen LogP contribution in [0.15, 0.2) is 24.3 Å². The summed E-state index contributed by atoms with van der Waals surface area (Å²) in [4.78, 5) is 10.1. The molecule has 0 bridgehead atoms. The third-order valence-corrected chi connectivity index (χ3v) is 2.05. The molecule has 0 aliphatic carbocycles. The second kappa shape index (κ2) is 6.87. The molecule has 3 heteroatoms. The Bertz CT molecular complexity index is 299. The van der Waals surface area contributed by atoms with E-state index >= 15 is 0 Å². The van der Waals surface area contributed by atoms with E-state index in [1.165, 1.54) is 0 Å². The van der Waals surface area contributed by atoms with Crippen molar-refractivity contribution in [1.82, 2.24) is 5.32 Å². The van der Waals surface area contributed by atoms with Gasteiger partial charge in [-0.3, -0.25) is 4.79 Å². The predicted octanol–water partition coefficient (Wildman–Crippen LogP) is 2.11. The van der Waals surface area contributed by atoms with Gasteiger partial charge in [0.25, 0.3) is 0 Å². The molecular weight excluding hydrogens is 190 g/mol. The van der Waals surface area contributed by atoms with Crippen LogP contribution in [0.2, 0.25) is 0 Å². The van der Waals surface area contributed by atoms with Gasteiger partial charge in [0.1, 0.15) is 5.75 Å². The maximum Gasteiger partial charge on any atom is 0.207 e. The van der Waals surface area contributed by atoms with Crippen molar-refractivity contribution in [2.75, 3.05) is 6.61 Å². The van der Waals surface area contributed by atoms with Gasteiger partial charge in [-0.15, -0.1) is 0 Å². The Morgan fingerprint density at radius 3 is 3.07 bits per heavy atom. The van der Waals surface area contributed by atoms with Gasteiger partial charge in [0.2, 0.25) is 6.41 Å². The number of nitrogens with one attached hydrogen (secondary N) is 1. The SMILES string of the molecule is CCCCOc1cccc(CNC=O)c1. The third-order valence-electron chi connectivity index (χ3n) is 2.05. The molecule has 1 aromatic carbocycles. The van der Waals surface area contributed by atoms with Crippen LogP contribution in [0.5, 0.6) is 5.75 Å². The van der Waals surface area contributed by atoms with Gasteiger partial charge in [0.05, 0.1) is 6.61 Å². The summed E-state index contributed by atoms with van der Waals surface area (Å²) in [7, 11) is 0. The maximum absolute atomic E-state index is 10.1. The summed E-state index contributed by atoms with van der Waals surface area (Å²) in [5.74, 6) is 0.869. The highest BCUT2D eigenvalue weighted by atomic mass is 16.5. The second-order valence-corrected chi connectivity index (χ2v) is 3.35. The third kappa shape index (κ3) is 4.49. The number of carbonyl (C=O) groups is 1. The van der Waals surface area contributed by atoms with Gasteiger partial charge in [-0.25, -0.2) is 0 Å². The zero-order valence-corrected chi connectivity index (χ0v) is 9.03. The Hall–Kier alpha value is -1.51. The molecule has 0 spiro atoms. The van der Waals surface area contributed by atoms with Gasteiger partial charge in [-0.1, -0.05) is 25.5 Å². The van der Waals surface area contributed by atoms with Crippen LogP contribution in [0.3, 0.4) is 0 Å². The minimum absolute atomic E-state index is 0.550. The van der Waals surface area contributed by atoms with Gasteiger partial charge >= 0.3 is 0 Å². The van der Waals surface area contributed by atoms with E-state index in [1.54, 1.807) is 0 Å². The van der Waals surface area contributed by atoms with Crippen molar-refractivity contribution in [2.45, 2.75) is 26.3 Å². The zero-order chi connectivity index (χ0) is 10.9. The quantitative estimate of drug-likeness (QED) is 0.549. The van der Waals surface area contributed by atoms with Crippen molar-refractivity contribution in [3.05, 3.63) is 29.8 Å². The lowest BCUT2D eigenvalue weighted by molar-refractivity contribution is -0.109. The normalized spacial score (nSPS) is 9.67. The number of benzene rings is 1. The van der Waals surface area contributed by atoms with E-state index in [0.29, 0.717) is 13.0 Å². The molecular formula is C12H17NO2. The summed E-state index contributed by atoms with van der Waals surface area (Å²) in [6.07, 6.45) is 2.90. The van der Waals surface area contributed by atoms with Crippen LogP contribution in [0.1, 0.15) is 25.3 Å². The average molecular weight is 207 g/mol. The molecule has 1 amide bonds. The van der Waals surface area contributed by atoms with Gasteiger partial charge < -0.3 is 10.1 Å². The molecule has 0 saturated carbocycles. The van der Waals surface area contributed by atoms with E-state index in [0.717, 1.165) is 30.8 Å². The van der Waals surface area contributed by atoms with Gasteiger partial charge in [-0.2, -0.15) is 0 Å². The molecule has 0 heterocycles. The molecule has 82 valence electrons. The van der Waals surface area contributed by atoms with E-state index in [2.05, 4.69) is 12.2 Å². The van der Waals surface area contributed by atoms with Crippen LogP contribution in [-0.2, 0) is 11.3 Å². The Balaban J connectivity index is 2.46. The number of carbonyl (C=O) groups excluding carboxylic acids is 1. The lowest BCUT2D eigenvalue weighted by atomic mass is 10.2. The first-order chi connectivity index (χ1) is 7.36. The largest absolute Gasteiger partial charge is 0.494 e. The molecule has 0 unspecified atom stereocenters. The van der Waals surface area contributed by atoms with Crippen LogP contribution < -0.4 is 10.1 Å². The lowest BCUT2D eigenvalue weighted by Crippen LogP contribution is -2.09. The molecule has 15 heavy (non-hydrogen) atoms. The highest BCUT2D eigenvalue weighted by Gasteiger charge is 1.96. The van der Waals surface area contributed by atoms with Crippen molar-refractivity contribution in [3.63, 3.8) is 0 Å². The Morgan fingerprint density at radius 2 is 2.33 bits per heavy atom. The monoisotopic (exact) mass is 207 g/mol. The molecule has 1 aromatic rings. The van der Waals surface area contributed by atoms with Crippen molar-refractivity contribution in [1.29, 1.82) is 0 Å². The minimum atomic E-state index is 0.550. The molecule has 0 atom stereocenters. The molecule has 0 aromatic heterocycles. The van der Waals surface area contributed by atoms with Gasteiger partial charge in [0, 0.05) is 6.54 Å². The average Bonchev–Trinajstić information content (AvgIpc) is 2.27. The first kappa shape index (κ1) is 11.6. The number of ether oxygens (including phenoxy) is 1. The molecule has 0 saturated heterocycles. The topological polar surface area (TPSA) is 38.3 Å². The Kier molecular flexibility index (Phi) is 5.30. The number of rotatable bonds is 7. The second-order valence-electron chi connectivity index (χ2n) is 3.35. The fourth-order valence-corrected chi connectivity index (χ4v) is 1.24. The van der Waals surface area contributed by atoms with Crippen LogP contribution in [0.4, 0.5) is 0 Å². The standard InChI is InChI=1S/C12H17NO2/c1-2-3-7-15-12-6-4-5-11(8-12)9-13-10-14/h4-6,8,10H,2-3,7,9H2,1H3,(H,13,14). The van der Waals surface area contributed by atoms with E-state index in [4.69, 9.17) is 4.74 Å². The van der Waals surface area contributed by atoms with Crippen LogP contribution in [0, 0.1) is 0 Å². The molecule has 1 N–H and O–H groups in total. The van der Waals surface area contributed by atoms with Crippen LogP contribution >= 0.6 is 0 Å². The van der Waals surface area contributed by atoms with E-state index < -0.39 is 0 Å². The number of amides is 1. The van der Waals surface area contributed by atoms with E-state index in [9.17, 15) is 4.79 Å². The lowest BCUT2D eigenvalue weighted by Gasteiger charge is -2.07. The molecule has 0 radical (unpaired) electrons. The van der Waals surface area contributed by atoms with Crippen molar-refractivity contribution in [2.24, 2.45) is 0 Å². The highest BCUT2D eigenvalue weighted by Crippen LogP contribution is 2.13. The molecule has 0 aliphatic rings. The number of unbranched alkanes of at least 4 members (excludes halogenated alkanes) is 1. The Morgan fingerprint density at radius 1 is 1.47 bits per heavy atom. The maximum atomic E-state index is 10.1. The fourth-order valence-electron chi connectivity index (χ4n) is 1.24. The van der Waals surface area contributed by atoms with Crippen molar-refractivity contribution < 1.29 is 9.53 Å². The number of hydrogen-bond donors (Lipinski definition) is 1. The van der Waals surface area contributed by atoms with Crippen LogP contribution in [0.25, 0.3) is 0 Å². The molecule has 3 nitrogen and oxygen atoms in total. The predicted molar refractivity (Wildman–Crippen MR) is 59.7 cm³/mol. The summed E-state index contributed by atoms with van der Waals surface area (Å²) >= 11 is 0. The van der Waals surface area contributed by atoms with E-state index in [-0.39, 0.29) is 0 Å². The smallest absolute Gasteiger partial charge is 0.207 e. The molecule has 1 rings (SSSR count). The molecule has 0 fully saturated rings. The summed E-state index contributed by atoms with van der Waals surface area (Å²) in [5, 5.41) is 2.62. The van der Waals surface area contributed by atoms with Crippen molar-refractivity contribution >= 4 is 6.41 Å². The number of hydrogen-bond acceptors (Lipinski definition) is 2. The van der Waals surface area contributed by atoms with Crippen molar-refractivity contribution in [3.8, 4) is 5.75 Å².